The zero-order valence-electron chi connectivity index (χ0n) is 11.9. The highest BCUT2D eigenvalue weighted by Gasteiger charge is 2.39. The van der Waals surface area contributed by atoms with E-state index in [0.717, 1.165) is 6.42 Å². The second-order valence-corrected chi connectivity index (χ2v) is 6.24. The van der Waals surface area contributed by atoms with Gasteiger partial charge in [0.2, 0.25) is 0 Å². The maximum atomic E-state index is 12.1. The molecule has 4 nitrogen and oxygen atoms in total. The van der Waals surface area contributed by atoms with E-state index in [0.29, 0.717) is 13.2 Å². The molecule has 100 valence electrons. The van der Waals surface area contributed by atoms with Gasteiger partial charge in [0.05, 0.1) is 24.8 Å². The normalized spacial score (nSPS) is 24.6. The lowest BCUT2D eigenvalue weighted by Crippen LogP contribution is -2.59. The number of morpholine rings is 1. The molecule has 1 atom stereocenters. The lowest BCUT2D eigenvalue weighted by Gasteiger charge is -2.45. The molecule has 0 aromatic rings. The van der Waals surface area contributed by atoms with E-state index in [1.807, 2.05) is 34.6 Å². The van der Waals surface area contributed by atoms with Crippen LogP contribution in [0.5, 0.6) is 0 Å². The number of carbonyl (C=O) groups is 1. The smallest absolute Gasteiger partial charge is 0.410 e. The third-order valence-corrected chi connectivity index (χ3v) is 2.86. The van der Waals surface area contributed by atoms with Crippen LogP contribution in [-0.4, -0.2) is 41.4 Å². The highest BCUT2D eigenvalue weighted by atomic mass is 16.6. The summed E-state index contributed by atoms with van der Waals surface area (Å²) in [4.78, 5) is 13.9. The third-order valence-electron chi connectivity index (χ3n) is 2.86. The molecule has 17 heavy (non-hydrogen) atoms. The van der Waals surface area contributed by atoms with E-state index < -0.39 is 5.60 Å². The molecule has 0 spiro atoms. The van der Waals surface area contributed by atoms with Crippen LogP contribution in [0.2, 0.25) is 0 Å². The molecule has 0 aromatic carbocycles. The Bertz CT molecular complexity index is 281. The molecular formula is C13H25NO3. The molecule has 0 unspecified atom stereocenters. The lowest BCUT2D eigenvalue weighted by atomic mass is 10.0. The van der Waals surface area contributed by atoms with Gasteiger partial charge in [0.1, 0.15) is 5.60 Å². The molecule has 1 rings (SSSR count). The molecule has 1 saturated heterocycles. The van der Waals surface area contributed by atoms with Crippen molar-refractivity contribution in [2.24, 2.45) is 0 Å². The first-order chi connectivity index (χ1) is 7.65. The van der Waals surface area contributed by atoms with E-state index in [9.17, 15) is 4.79 Å². The van der Waals surface area contributed by atoms with Gasteiger partial charge in [-0.05, 0) is 41.0 Å². The summed E-state index contributed by atoms with van der Waals surface area (Å²) in [7, 11) is 0. The van der Waals surface area contributed by atoms with Crippen molar-refractivity contribution < 1.29 is 14.3 Å². The number of ether oxygens (including phenoxy) is 2. The molecule has 4 heteroatoms. The van der Waals surface area contributed by atoms with Crippen molar-refractivity contribution in [3.63, 3.8) is 0 Å². The Morgan fingerprint density at radius 2 is 2.06 bits per heavy atom. The number of carbonyl (C=O) groups excluding carboxylic acids is 1. The first kappa shape index (κ1) is 14.3. The molecule has 0 radical (unpaired) electrons. The Hall–Kier alpha value is -0.770. The Morgan fingerprint density at radius 1 is 1.47 bits per heavy atom. The summed E-state index contributed by atoms with van der Waals surface area (Å²) in [6.07, 6.45) is 0.787. The summed E-state index contributed by atoms with van der Waals surface area (Å²) >= 11 is 0. The maximum Gasteiger partial charge on any atom is 0.410 e. The molecule has 0 N–H and O–H groups in total. The first-order valence-corrected chi connectivity index (χ1v) is 6.28. The SMILES string of the molecule is CC[C@@H]1CN(C(=O)OC(C)(C)C)C(C)(C)CO1. The minimum atomic E-state index is -0.451. The molecular weight excluding hydrogens is 218 g/mol. The van der Waals surface area contributed by atoms with E-state index in [1.54, 1.807) is 4.90 Å². The van der Waals surface area contributed by atoms with E-state index in [-0.39, 0.29) is 17.7 Å². The molecule has 1 heterocycles. The zero-order valence-corrected chi connectivity index (χ0v) is 11.9. The van der Waals surface area contributed by atoms with E-state index in [4.69, 9.17) is 9.47 Å². The van der Waals surface area contributed by atoms with Crippen LogP contribution in [0.1, 0.15) is 48.0 Å². The third kappa shape index (κ3) is 3.87. The highest BCUT2D eigenvalue weighted by molar-refractivity contribution is 5.69. The van der Waals surface area contributed by atoms with Gasteiger partial charge in [-0.2, -0.15) is 0 Å². The van der Waals surface area contributed by atoms with E-state index in [2.05, 4.69) is 6.92 Å². The number of amides is 1. The lowest BCUT2D eigenvalue weighted by molar-refractivity contribution is -0.0991. The standard InChI is InChI=1S/C13H25NO3/c1-7-10-8-14(13(5,6)9-16-10)11(15)17-12(2,3)4/h10H,7-9H2,1-6H3/t10-/m1/s1. The van der Waals surface area contributed by atoms with E-state index >= 15 is 0 Å². The van der Waals surface area contributed by atoms with Crippen molar-refractivity contribution in [1.29, 1.82) is 0 Å². The van der Waals surface area contributed by atoms with Crippen molar-refractivity contribution in [3.8, 4) is 0 Å². The largest absolute Gasteiger partial charge is 0.444 e. The number of hydrogen-bond donors (Lipinski definition) is 0. The van der Waals surface area contributed by atoms with Crippen molar-refractivity contribution >= 4 is 6.09 Å². The summed E-state index contributed by atoms with van der Waals surface area (Å²) < 4.78 is 11.1. The van der Waals surface area contributed by atoms with Gasteiger partial charge in [0.25, 0.3) is 0 Å². The fourth-order valence-corrected chi connectivity index (χ4v) is 1.79. The van der Waals surface area contributed by atoms with E-state index in [1.165, 1.54) is 0 Å². The number of nitrogens with zero attached hydrogens (tertiary/aromatic N) is 1. The van der Waals surface area contributed by atoms with Gasteiger partial charge in [-0.1, -0.05) is 6.92 Å². The van der Waals surface area contributed by atoms with Gasteiger partial charge < -0.3 is 9.47 Å². The summed E-state index contributed by atoms with van der Waals surface area (Å²) in [5, 5.41) is 0. The Labute approximate surface area is 104 Å². The van der Waals surface area contributed by atoms with Crippen molar-refractivity contribution in [2.75, 3.05) is 13.2 Å². The quantitative estimate of drug-likeness (QED) is 0.711. The molecule has 1 aliphatic heterocycles. The molecule has 0 saturated carbocycles. The fraction of sp³-hybridized carbons (Fsp3) is 0.923. The second-order valence-electron chi connectivity index (χ2n) is 6.24. The monoisotopic (exact) mass is 243 g/mol. The Kier molecular flexibility index (Phi) is 4.07. The molecule has 1 aliphatic rings. The van der Waals surface area contributed by atoms with Gasteiger partial charge in [0.15, 0.2) is 0 Å². The summed E-state index contributed by atoms with van der Waals surface area (Å²) in [5.41, 5.74) is -0.749. The number of hydrogen-bond acceptors (Lipinski definition) is 3. The van der Waals surface area contributed by atoms with Crippen molar-refractivity contribution in [1.82, 2.24) is 4.90 Å². The van der Waals surface area contributed by atoms with Crippen molar-refractivity contribution in [2.45, 2.75) is 65.2 Å². The van der Waals surface area contributed by atoms with Crippen LogP contribution in [-0.2, 0) is 9.47 Å². The number of rotatable bonds is 1. The van der Waals surface area contributed by atoms with Gasteiger partial charge in [-0.3, -0.25) is 4.90 Å². The maximum absolute atomic E-state index is 12.1. The minimum Gasteiger partial charge on any atom is -0.444 e. The molecule has 1 fully saturated rings. The highest BCUT2D eigenvalue weighted by Crippen LogP contribution is 2.25. The van der Waals surface area contributed by atoms with Crippen LogP contribution < -0.4 is 0 Å². The predicted molar refractivity (Wildman–Crippen MR) is 67.1 cm³/mol. The molecule has 0 aromatic heterocycles. The van der Waals surface area contributed by atoms with Gasteiger partial charge >= 0.3 is 6.09 Å². The first-order valence-electron chi connectivity index (χ1n) is 6.28. The summed E-state index contributed by atoms with van der Waals surface area (Å²) in [6.45, 7) is 12.9. The Balaban J connectivity index is 2.74. The average molecular weight is 243 g/mol. The van der Waals surface area contributed by atoms with Gasteiger partial charge in [-0.15, -0.1) is 0 Å². The van der Waals surface area contributed by atoms with Crippen molar-refractivity contribution in [3.05, 3.63) is 0 Å². The Morgan fingerprint density at radius 3 is 2.53 bits per heavy atom. The summed E-state index contributed by atoms with van der Waals surface area (Å²) in [6, 6.07) is 0. The van der Waals surface area contributed by atoms with Gasteiger partial charge in [0, 0.05) is 0 Å². The molecule has 0 aliphatic carbocycles. The van der Waals surface area contributed by atoms with Crippen LogP contribution in [0, 0.1) is 0 Å². The zero-order chi connectivity index (χ0) is 13.3. The average Bonchev–Trinajstić information content (AvgIpc) is 2.14. The molecule has 1 amide bonds. The second kappa shape index (κ2) is 4.84. The predicted octanol–water partition coefficient (Wildman–Crippen LogP) is 2.81. The van der Waals surface area contributed by atoms with Crippen LogP contribution >= 0.6 is 0 Å². The van der Waals surface area contributed by atoms with Crippen LogP contribution in [0.4, 0.5) is 4.79 Å². The molecule has 0 bridgehead atoms. The van der Waals surface area contributed by atoms with Crippen LogP contribution in [0.15, 0.2) is 0 Å². The summed E-state index contributed by atoms with van der Waals surface area (Å²) in [5.74, 6) is 0. The minimum absolute atomic E-state index is 0.121. The van der Waals surface area contributed by atoms with Crippen LogP contribution in [0.25, 0.3) is 0 Å². The van der Waals surface area contributed by atoms with Crippen LogP contribution in [0.3, 0.4) is 0 Å². The fourth-order valence-electron chi connectivity index (χ4n) is 1.79. The van der Waals surface area contributed by atoms with Gasteiger partial charge in [-0.25, -0.2) is 4.79 Å². The topological polar surface area (TPSA) is 38.8 Å².